The Morgan fingerprint density at radius 2 is 1.89 bits per heavy atom. The van der Waals surface area contributed by atoms with Crippen LogP contribution in [0.25, 0.3) is 0 Å². The molecule has 54 valence electrons. The van der Waals surface area contributed by atoms with Crippen molar-refractivity contribution in [3.63, 3.8) is 0 Å². The van der Waals surface area contributed by atoms with Gasteiger partial charge in [-0.05, 0) is 18.2 Å². The van der Waals surface area contributed by atoms with Crippen LogP contribution in [0.2, 0.25) is 0 Å². The molecule has 0 radical (unpaired) electrons. The van der Waals surface area contributed by atoms with E-state index in [1.807, 2.05) is 12.3 Å². The van der Waals surface area contributed by atoms with Crippen LogP contribution < -0.4 is 0 Å². The van der Waals surface area contributed by atoms with Gasteiger partial charge in [0.1, 0.15) is 0 Å². The van der Waals surface area contributed by atoms with Crippen LogP contribution in [0.15, 0.2) is 11.0 Å². The van der Waals surface area contributed by atoms with Crippen LogP contribution in [0.5, 0.6) is 0 Å². The van der Waals surface area contributed by atoms with E-state index in [-0.39, 0.29) is 0 Å². The molecule has 0 aliphatic rings. The van der Waals surface area contributed by atoms with Gasteiger partial charge in [0.05, 0.1) is 0 Å². The molecule has 0 bridgehead atoms. The van der Waals surface area contributed by atoms with Crippen LogP contribution in [0.3, 0.4) is 0 Å². The Morgan fingerprint density at radius 3 is 2.00 bits per heavy atom. The molecule has 0 spiro atoms. The molecule has 0 aliphatic carbocycles. The fourth-order valence-electron chi connectivity index (χ4n) is 0.602. The molecular weight excluding hydrogens is 148 g/mol. The maximum atomic E-state index is 4.38. The van der Waals surface area contributed by atoms with Crippen LogP contribution >= 0.6 is 25.3 Å². The van der Waals surface area contributed by atoms with Crippen molar-refractivity contribution >= 4 is 25.3 Å². The van der Waals surface area contributed by atoms with Gasteiger partial charge in [-0.25, -0.2) is 0 Å². The van der Waals surface area contributed by atoms with E-state index in [0.29, 0.717) is 11.2 Å². The predicted octanol–water partition coefficient (Wildman–Crippen LogP) is 2.77. The highest BCUT2D eigenvalue weighted by molar-refractivity contribution is 7.83. The molecule has 0 rings (SSSR count). The minimum absolute atomic E-state index is 0.363. The zero-order valence-corrected chi connectivity index (χ0v) is 7.92. The van der Waals surface area contributed by atoms with Gasteiger partial charge in [0, 0.05) is 5.25 Å². The van der Waals surface area contributed by atoms with Crippen LogP contribution in [-0.4, -0.2) is 5.25 Å². The largest absolute Gasteiger partial charge is 0.171 e. The van der Waals surface area contributed by atoms with Crippen molar-refractivity contribution in [3.05, 3.63) is 11.0 Å². The molecule has 0 aliphatic heterocycles. The maximum absolute atomic E-state index is 4.38. The summed E-state index contributed by atoms with van der Waals surface area (Å²) >= 11 is 8.42. The molecular formula is C7H14S2. The first-order valence-corrected chi connectivity index (χ1v) is 4.11. The van der Waals surface area contributed by atoms with Crippen LogP contribution in [0.4, 0.5) is 0 Å². The third-order valence-corrected chi connectivity index (χ3v) is 2.71. The van der Waals surface area contributed by atoms with E-state index < -0.39 is 0 Å². The highest BCUT2D eigenvalue weighted by atomic mass is 32.1. The summed E-state index contributed by atoms with van der Waals surface area (Å²) in [7, 11) is 0. The normalized spacial score (nSPS) is 16.4. The van der Waals surface area contributed by atoms with Gasteiger partial charge in [-0.1, -0.05) is 19.4 Å². The molecule has 0 N–H and O–H groups in total. The van der Waals surface area contributed by atoms with Crippen LogP contribution in [-0.2, 0) is 0 Å². The Bertz CT molecular complexity index is 105. The van der Waals surface area contributed by atoms with E-state index in [9.17, 15) is 0 Å². The second kappa shape index (κ2) is 4.29. The zero-order chi connectivity index (χ0) is 7.44. The second-order valence-electron chi connectivity index (χ2n) is 2.56. The zero-order valence-electron chi connectivity index (χ0n) is 6.13. The quantitative estimate of drug-likeness (QED) is 0.573. The van der Waals surface area contributed by atoms with Crippen LogP contribution in [0, 0.1) is 5.92 Å². The second-order valence-corrected chi connectivity index (χ2v) is 3.38. The van der Waals surface area contributed by atoms with Gasteiger partial charge in [0.25, 0.3) is 0 Å². The average Bonchev–Trinajstić information content (AvgIpc) is 1.84. The SMILES string of the molecule is C/C(=C\S)C(S)C(C)C. The Kier molecular flexibility index (Phi) is 4.50. The highest BCUT2D eigenvalue weighted by Gasteiger charge is 2.07. The Morgan fingerprint density at radius 1 is 1.44 bits per heavy atom. The van der Waals surface area contributed by atoms with E-state index in [2.05, 4.69) is 39.1 Å². The summed E-state index contributed by atoms with van der Waals surface area (Å²) in [6.07, 6.45) is 0. The fraction of sp³-hybridized carbons (Fsp3) is 0.714. The first kappa shape index (κ1) is 9.44. The van der Waals surface area contributed by atoms with Gasteiger partial charge in [-0.2, -0.15) is 25.3 Å². The van der Waals surface area contributed by atoms with Crippen LogP contribution in [0.1, 0.15) is 20.8 Å². The summed E-state index contributed by atoms with van der Waals surface area (Å²) in [6.45, 7) is 6.35. The lowest BCUT2D eigenvalue weighted by molar-refractivity contribution is 0.662. The van der Waals surface area contributed by atoms with Crippen molar-refractivity contribution in [2.45, 2.75) is 26.0 Å². The molecule has 1 atom stereocenters. The molecule has 0 aromatic rings. The molecule has 0 saturated carbocycles. The Hall–Kier alpha value is 0.440. The molecule has 0 nitrogen and oxygen atoms in total. The number of hydrogen-bond acceptors (Lipinski definition) is 2. The smallest absolute Gasteiger partial charge is 0.0254 e. The van der Waals surface area contributed by atoms with E-state index in [0.717, 1.165) is 0 Å². The van der Waals surface area contributed by atoms with Gasteiger partial charge in [0.15, 0.2) is 0 Å². The summed E-state index contributed by atoms with van der Waals surface area (Å²) in [6, 6.07) is 0. The Labute approximate surface area is 68.5 Å². The average molecular weight is 162 g/mol. The maximum Gasteiger partial charge on any atom is 0.0254 e. The topological polar surface area (TPSA) is 0 Å². The highest BCUT2D eigenvalue weighted by Crippen LogP contribution is 2.17. The molecule has 9 heavy (non-hydrogen) atoms. The lowest BCUT2D eigenvalue weighted by atomic mass is 10.1. The molecule has 0 aromatic carbocycles. The van der Waals surface area contributed by atoms with Crippen molar-refractivity contribution in [2.75, 3.05) is 0 Å². The lowest BCUT2D eigenvalue weighted by Gasteiger charge is -2.13. The number of thiol groups is 2. The standard InChI is InChI=1S/C7H14S2/c1-5(2)7(9)6(3)4-8/h4-5,7-9H,1-3H3/b6-4+. The van der Waals surface area contributed by atoms with Crippen molar-refractivity contribution in [2.24, 2.45) is 5.92 Å². The molecule has 0 amide bonds. The molecule has 0 aromatic heterocycles. The van der Waals surface area contributed by atoms with Gasteiger partial charge < -0.3 is 0 Å². The minimum Gasteiger partial charge on any atom is -0.171 e. The fourth-order valence-corrected chi connectivity index (χ4v) is 0.955. The van der Waals surface area contributed by atoms with Crippen molar-refractivity contribution in [1.82, 2.24) is 0 Å². The monoisotopic (exact) mass is 162 g/mol. The van der Waals surface area contributed by atoms with Gasteiger partial charge in [0.2, 0.25) is 0 Å². The number of hydrogen-bond donors (Lipinski definition) is 2. The minimum atomic E-state index is 0.363. The Balaban J connectivity index is 3.88. The lowest BCUT2D eigenvalue weighted by Crippen LogP contribution is -2.08. The third-order valence-electron chi connectivity index (χ3n) is 1.30. The summed E-state index contributed by atoms with van der Waals surface area (Å²) in [5.74, 6) is 0.594. The van der Waals surface area contributed by atoms with Gasteiger partial charge in [-0.3, -0.25) is 0 Å². The molecule has 0 saturated heterocycles. The van der Waals surface area contributed by atoms with E-state index in [1.165, 1.54) is 5.57 Å². The summed E-state index contributed by atoms with van der Waals surface area (Å²) in [5.41, 5.74) is 1.23. The first-order chi connectivity index (χ1) is 4.09. The van der Waals surface area contributed by atoms with E-state index >= 15 is 0 Å². The van der Waals surface area contributed by atoms with Crippen molar-refractivity contribution in [3.8, 4) is 0 Å². The third kappa shape index (κ3) is 3.21. The van der Waals surface area contributed by atoms with Gasteiger partial charge >= 0.3 is 0 Å². The molecule has 1 unspecified atom stereocenters. The predicted molar refractivity (Wildman–Crippen MR) is 50.4 cm³/mol. The van der Waals surface area contributed by atoms with E-state index in [4.69, 9.17) is 0 Å². The number of rotatable bonds is 2. The molecule has 2 heteroatoms. The summed E-state index contributed by atoms with van der Waals surface area (Å²) in [5, 5.41) is 2.18. The van der Waals surface area contributed by atoms with Crippen molar-refractivity contribution < 1.29 is 0 Å². The van der Waals surface area contributed by atoms with Gasteiger partial charge in [-0.15, -0.1) is 0 Å². The molecule has 0 fully saturated rings. The van der Waals surface area contributed by atoms with Crippen molar-refractivity contribution in [1.29, 1.82) is 0 Å². The summed E-state index contributed by atoms with van der Waals surface area (Å²) in [4.78, 5) is 0. The summed E-state index contributed by atoms with van der Waals surface area (Å²) < 4.78 is 0. The van der Waals surface area contributed by atoms with E-state index in [1.54, 1.807) is 0 Å². The molecule has 0 heterocycles. The first-order valence-electron chi connectivity index (χ1n) is 3.08.